The quantitative estimate of drug-likeness (QED) is 0.898. The SMILES string of the molecule is CNC(C)c1sc(-c2cc(C)c(O)c(C)c2)nc1C. The Morgan fingerprint density at radius 3 is 2.32 bits per heavy atom. The van der Waals surface area contributed by atoms with E-state index in [9.17, 15) is 5.11 Å². The molecule has 1 unspecified atom stereocenters. The zero-order valence-electron chi connectivity index (χ0n) is 12.0. The lowest BCUT2D eigenvalue weighted by atomic mass is 10.1. The van der Waals surface area contributed by atoms with Crippen molar-refractivity contribution < 1.29 is 5.11 Å². The highest BCUT2D eigenvalue weighted by Gasteiger charge is 2.15. The van der Waals surface area contributed by atoms with Crippen LogP contribution in [0.25, 0.3) is 10.6 Å². The molecule has 0 saturated heterocycles. The number of hydrogen-bond donors (Lipinski definition) is 2. The van der Waals surface area contributed by atoms with E-state index in [0.717, 1.165) is 27.4 Å². The van der Waals surface area contributed by atoms with Crippen LogP contribution in [0.4, 0.5) is 0 Å². The maximum atomic E-state index is 9.84. The van der Waals surface area contributed by atoms with Crippen LogP contribution in [0.15, 0.2) is 12.1 Å². The number of hydrogen-bond acceptors (Lipinski definition) is 4. The van der Waals surface area contributed by atoms with Gasteiger partial charge in [-0.2, -0.15) is 0 Å². The molecule has 2 aromatic rings. The van der Waals surface area contributed by atoms with E-state index in [0.29, 0.717) is 11.8 Å². The number of nitrogens with one attached hydrogen (secondary N) is 1. The Hall–Kier alpha value is -1.39. The third kappa shape index (κ3) is 2.65. The fraction of sp³-hybridized carbons (Fsp3) is 0.400. The van der Waals surface area contributed by atoms with Gasteiger partial charge in [0.15, 0.2) is 0 Å². The lowest BCUT2D eigenvalue weighted by Gasteiger charge is -2.07. The van der Waals surface area contributed by atoms with Gasteiger partial charge in [0.25, 0.3) is 0 Å². The molecule has 1 heterocycles. The van der Waals surface area contributed by atoms with Crippen LogP contribution in [0.1, 0.15) is 34.7 Å². The molecule has 0 aliphatic carbocycles. The molecule has 0 aliphatic heterocycles. The van der Waals surface area contributed by atoms with Crippen molar-refractivity contribution in [3.63, 3.8) is 0 Å². The molecule has 1 atom stereocenters. The fourth-order valence-corrected chi connectivity index (χ4v) is 3.26. The zero-order valence-corrected chi connectivity index (χ0v) is 12.9. The summed E-state index contributed by atoms with van der Waals surface area (Å²) < 4.78 is 0. The molecule has 0 saturated carbocycles. The molecule has 0 amide bonds. The highest BCUT2D eigenvalue weighted by Crippen LogP contribution is 2.34. The van der Waals surface area contributed by atoms with Crippen LogP contribution in [0.3, 0.4) is 0 Å². The van der Waals surface area contributed by atoms with Gasteiger partial charge in [0.1, 0.15) is 10.8 Å². The van der Waals surface area contributed by atoms with E-state index >= 15 is 0 Å². The molecule has 0 fully saturated rings. The Labute approximate surface area is 118 Å². The minimum absolute atomic E-state index is 0.311. The Kier molecular flexibility index (Phi) is 3.92. The molecule has 4 heteroatoms. The van der Waals surface area contributed by atoms with Crippen molar-refractivity contribution in [3.05, 3.63) is 33.8 Å². The zero-order chi connectivity index (χ0) is 14.2. The summed E-state index contributed by atoms with van der Waals surface area (Å²) in [5.41, 5.74) is 3.94. The molecule has 0 radical (unpaired) electrons. The number of nitrogens with zero attached hydrogens (tertiary/aromatic N) is 1. The first-order chi connectivity index (χ1) is 8.93. The first kappa shape index (κ1) is 14.0. The maximum absolute atomic E-state index is 9.84. The lowest BCUT2D eigenvalue weighted by molar-refractivity contribution is 0.467. The van der Waals surface area contributed by atoms with Crippen molar-refractivity contribution >= 4 is 11.3 Å². The summed E-state index contributed by atoms with van der Waals surface area (Å²) in [7, 11) is 1.96. The number of aryl methyl sites for hydroxylation is 3. The average Bonchev–Trinajstić information content (AvgIpc) is 2.76. The standard InChI is InChI=1S/C15H20N2OS/c1-8-6-12(7-9(2)13(8)18)15-17-11(4)14(19-15)10(3)16-5/h6-7,10,16,18H,1-5H3. The van der Waals surface area contributed by atoms with Crippen LogP contribution >= 0.6 is 11.3 Å². The topological polar surface area (TPSA) is 45.1 Å². The fourth-order valence-electron chi connectivity index (χ4n) is 2.14. The lowest BCUT2D eigenvalue weighted by Crippen LogP contribution is -2.11. The Morgan fingerprint density at radius 2 is 1.79 bits per heavy atom. The van der Waals surface area contributed by atoms with E-state index in [2.05, 4.69) is 17.2 Å². The first-order valence-corrected chi connectivity index (χ1v) is 7.20. The van der Waals surface area contributed by atoms with E-state index < -0.39 is 0 Å². The second-order valence-corrected chi connectivity index (χ2v) is 5.97. The summed E-state index contributed by atoms with van der Waals surface area (Å²) in [6, 6.07) is 4.30. The van der Waals surface area contributed by atoms with Gasteiger partial charge in [0.2, 0.25) is 0 Å². The van der Waals surface area contributed by atoms with Gasteiger partial charge >= 0.3 is 0 Å². The van der Waals surface area contributed by atoms with Crippen LogP contribution in [0.5, 0.6) is 5.75 Å². The number of benzene rings is 1. The highest BCUT2D eigenvalue weighted by atomic mass is 32.1. The summed E-state index contributed by atoms with van der Waals surface area (Å²) in [4.78, 5) is 5.92. The van der Waals surface area contributed by atoms with Crippen LogP contribution < -0.4 is 5.32 Å². The van der Waals surface area contributed by atoms with Gasteiger partial charge in [-0.25, -0.2) is 4.98 Å². The van der Waals surface area contributed by atoms with Crippen molar-refractivity contribution in [2.24, 2.45) is 0 Å². The summed E-state index contributed by atoms with van der Waals surface area (Å²) >= 11 is 1.71. The third-order valence-electron chi connectivity index (χ3n) is 3.40. The minimum atomic E-state index is 0.311. The summed E-state index contributed by atoms with van der Waals surface area (Å²) in [5, 5.41) is 14.1. The molecule has 1 aromatic heterocycles. The van der Waals surface area contributed by atoms with Crippen molar-refractivity contribution in [2.45, 2.75) is 33.7 Å². The average molecular weight is 276 g/mol. The molecule has 0 bridgehead atoms. The van der Waals surface area contributed by atoms with E-state index in [1.165, 1.54) is 4.88 Å². The molecule has 2 N–H and O–H groups in total. The van der Waals surface area contributed by atoms with Crippen LogP contribution in [-0.2, 0) is 0 Å². The molecule has 2 rings (SSSR count). The monoisotopic (exact) mass is 276 g/mol. The van der Waals surface area contributed by atoms with Gasteiger partial charge in [-0.3, -0.25) is 0 Å². The van der Waals surface area contributed by atoms with E-state index in [1.54, 1.807) is 11.3 Å². The van der Waals surface area contributed by atoms with E-state index in [1.807, 2.05) is 40.0 Å². The van der Waals surface area contributed by atoms with Crippen molar-refractivity contribution in [3.8, 4) is 16.3 Å². The van der Waals surface area contributed by atoms with Gasteiger partial charge in [0, 0.05) is 16.5 Å². The van der Waals surface area contributed by atoms with Gasteiger partial charge in [-0.1, -0.05) is 0 Å². The second-order valence-electron chi connectivity index (χ2n) is 4.94. The number of thiazole rings is 1. The predicted octanol–water partition coefficient (Wildman–Crippen LogP) is 3.72. The maximum Gasteiger partial charge on any atom is 0.123 e. The molecular formula is C15H20N2OS. The summed E-state index contributed by atoms with van der Waals surface area (Å²) in [6.07, 6.45) is 0. The second kappa shape index (κ2) is 5.31. The summed E-state index contributed by atoms with van der Waals surface area (Å²) in [5.74, 6) is 0.376. The van der Waals surface area contributed by atoms with E-state index in [4.69, 9.17) is 0 Å². The molecule has 1 aromatic carbocycles. The Balaban J connectivity index is 2.48. The first-order valence-electron chi connectivity index (χ1n) is 6.39. The van der Waals surface area contributed by atoms with Gasteiger partial charge < -0.3 is 10.4 Å². The number of rotatable bonds is 3. The number of aromatic hydroxyl groups is 1. The molecule has 19 heavy (non-hydrogen) atoms. The van der Waals surface area contributed by atoms with Crippen molar-refractivity contribution in [1.82, 2.24) is 10.3 Å². The highest BCUT2D eigenvalue weighted by molar-refractivity contribution is 7.15. The Morgan fingerprint density at radius 1 is 1.21 bits per heavy atom. The largest absolute Gasteiger partial charge is 0.507 e. The van der Waals surface area contributed by atoms with Gasteiger partial charge in [-0.05, 0) is 58.0 Å². The van der Waals surface area contributed by atoms with E-state index in [-0.39, 0.29) is 0 Å². The smallest absolute Gasteiger partial charge is 0.123 e. The Bertz CT molecular complexity index is 581. The minimum Gasteiger partial charge on any atom is -0.507 e. The number of aromatic nitrogens is 1. The van der Waals surface area contributed by atoms with Crippen molar-refractivity contribution in [2.75, 3.05) is 7.05 Å². The van der Waals surface area contributed by atoms with Gasteiger partial charge in [-0.15, -0.1) is 11.3 Å². The van der Waals surface area contributed by atoms with Crippen molar-refractivity contribution in [1.29, 1.82) is 0 Å². The van der Waals surface area contributed by atoms with Crippen LogP contribution in [-0.4, -0.2) is 17.1 Å². The molecule has 3 nitrogen and oxygen atoms in total. The summed E-state index contributed by atoms with van der Waals surface area (Å²) in [6.45, 7) is 8.02. The molecule has 0 spiro atoms. The van der Waals surface area contributed by atoms with Crippen LogP contribution in [0, 0.1) is 20.8 Å². The third-order valence-corrected chi connectivity index (χ3v) is 4.79. The molecular weight excluding hydrogens is 256 g/mol. The normalized spacial score (nSPS) is 12.7. The molecule has 0 aliphatic rings. The number of phenols is 1. The van der Waals surface area contributed by atoms with Gasteiger partial charge in [0.05, 0.1) is 5.69 Å². The number of phenolic OH excluding ortho intramolecular Hbond substituents is 1. The van der Waals surface area contributed by atoms with Crippen LogP contribution in [0.2, 0.25) is 0 Å². The predicted molar refractivity (Wildman–Crippen MR) is 80.9 cm³/mol. The molecule has 102 valence electrons.